The lowest BCUT2D eigenvalue weighted by atomic mass is 10.0. The molecule has 1 fully saturated rings. The Hall–Kier alpha value is -1.43. The number of hydrogen-bond acceptors (Lipinski definition) is 2. The molecule has 3 rings (SSSR count). The van der Waals surface area contributed by atoms with Crippen molar-refractivity contribution in [2.75, 3.05) is 13.6 Å². The van der Waals surface area contributed by atoms with Crippen LogP contribution >= 0.6 is 0 Å². The third-order valence-corrected chi connectivity index (χ3v) is 5.59. The van der Waals surface area contributed by atoms with Crippen molar-refractivity contribution in [3.63, 3.8) is 0 Å². The molecule has 1 aliphatic heterocycles. The van der Waals surface area contributed by atoms with Gasteiger partial charge in [-0.05, 0) is 63.0 Å². The molecule has 1 aromatic carbocycles. The maximum Gasteiger partial charge on any atom is 0.159 e. The number of H-pyrrole nitrogens is 1. The number of hydrogen-bond donors (Lipinski definition) is 2. The van der Waals surface area contributed by atoms with Crippen molar-refractivity contribution in [2.45, 2.75) is 37.5 Å². The molecule has 23 heavy (non-hydrogen) atoms. The van der Waals surface area contributed by atoms with Gasteiger partial charge in [-0.2, -0.15) is 0 Å². The third-order valence-electron chi connectivity index (χ3n) is 4.80. The van der Waals surface area contributed by atoms with Gasteiger partial charge < -0.3 is 14.4 Å². The fourth-order valence-corrected chi connectivity index (χ4v) is 3.49. The summed E-state index contributed by atoms with van der Waals surface area (Å²) in [6, 6.07) is 6.91. The molecule has 0 spiro atoms. The van der Waals surface area contributed by atoms with Gasteiger partial charge >= 0.3 is 0 Å². The first-order valence-electron chi connectivity index (χ1n) is 8.12. The molecular weight excluding hydrogens is 308 g/mol. The fourth-order valence-electron chi connectivity index (χ4n) is 3.27. The molecule has 1 unspecified atom stereocenters. The topological polar surface area (TPSA) is 56.3 Å². The number of likely N-dealkylation sites (N-methyl/N-ethyl adjacent to an activating group) is 1. The smallest absolute Gasteiger partial charge is 0.159 e. The number of aromatic nitrogens is 1. The van der Waals surface area contributed by atoms with Gasteiger partial charge in [0, 0.05) is 23.1 Å². The zero-order valence-corrected chi connectivity index (χ0v) is 14.5. The lowest BCUT2D eigenvalue weighted by Gasteiger charge is -2.18. The third kappa shape index (κ3) is 3.74. The molecule has 2 aromatic rings. The molecule has 2 N–H and O–H groups in total. The van der Waals surface area contributed by atoms with Gasteiger partial charge in [-0.1, -0.05) is 18.2 Å². The summed E-state index contributed by atoms with van der Waals surface area (Å²) in [7, 11) is 2.21. The van der Waals surface area contributed by atoms with Crippen molar-refractivity contribution in [3.05, 3.63) is 41.6 Å². The largest absolute Gasteiger partial charge is 0.361 e. The summed E-state index contributed by atoms with van der Waals surface area (Å²) >= 11 is -1.81. The summed E-state index contributed by atoms with van der Waals surface area (Å²) in [4.78, 5) is 5.80. The second-order valence-electron chi connectivity index (χ2n) is 6.44. The summed E-state index contributed by atoms with van der Waals surface area (Å²) < 4.78 is 20.1. The van der Waals surface area contributed by atoms with Gasteiger partial charge in [0.05, 0.1) is 5.25 Å². The summed E-state index contributed by atoms with van der Waals surface area (Å²) in [6.07, 6.45) is 9.46. The highest BCUT2D eigenvalue weighted by Gasteiger charge is 2.22. The number of aromatic amines is 1. The number of likely N-dealkylation sites (tertiary alicyclic amines) is 1. The molecule has 3 atom stereocenters. The van der Waals surface area contributed by atoms with Crippen LogP contribution in [-0.2, 0) is 17.5 Å². The van der Waals surface area contributed by atoms with Crippen LogP contribution in [0.4, 0.5) is 0 Å². The zero-order chi connectivity index (χ0) is 16.4. The van der Waals surface area contributed by atoms with E-state index >= 15 is 0 Å². The molecule has 0 bridgehead atoms. The summed E-state index contributed by atoms with van der Waals surface area (Å²) in [5.41, 5.74) is 3.57. The van der Waals surface area contributed by atoms with Crippen molar-refractivity contribution in [1.82, 2.24) is 9.88 Å². The van der Waals surface area contributed by atoms with Gasteiger partial charge in [-0.25, -0.2) is 4.21 Å². The molecule has 124 valence electrons. The number of rotatable bonds is 5. The Labute approximate surface area is 139 Å². The quantitative estimate of drug-likeness (QED) is 0.825. The van der Waals surface area contributed by atoms with Gasteiger partial charge in [0.2, 0.25) is 0 Å². The van der Waals surface area contributed by atoms with Gasteiger partial charge in [-0.15, -0.1) is 0 Å². The standard InChI is InChI=1S/C18H24N2O2S/c1-13(23(21)22)5-6-14-7-8-18-17(10-14)15(12-19-18)11-16-4-3-9-20(16)2/h5-8,10,12-13,16,19H,3-4,9,11H2,1-2H3,(H,21,22)/t13-,16-/m1/s1. The van der Waals surface area contributed by atoms with Crippen LogP contribution in [0.2, 0.25) is 0 Å². The number of benzene rings is 1. The highest BCUT2D eigenvalue weighted by atomic mass is 32.2. The predicted octanol–water partition coefficient (Wildman–Crippen LogP) is 3.43. The molecule has 0 amide bonds. The zero-order valence-electron chi connectivity index (χ0n) is 13.7. The Bertz CT molecular complexity index is 738. The monoisotopic (exact) mass is 332 g/mol. The highest BCUT2D eigenvalue weighted by molar-refractivity contribution is 7.80. The maximum absolute atomic E-state index is 11.0. The van der Waals surface area contributed by atoms with Crippen molar-refractivity contribution in [2.24, 2.45) is 0 Å². The Morgan fingerprint density at radius 3 is 3.04 bits per heavy atom. The second kappa shape index (κ2) is 6.99. The minimum absolute atomic E-state index is 0.358. The molecule has 0 aliphatic carbocycles. The van der Waals surface area contributed by atoms with Crippen molar-refractivity contribution < 1.29 is 8.76 Å². The Morgan fingerprint density at radius 2 is 2.35 bits per heavy atom. The van der Waals surface area contributed by atoms with E-state index in [0.717, 1.165) is 17.5 Å². The van der Waals surface area contributed by atoms with Gasteiger partial charge in [0.25, 0.3) is 0 Å². The van der Waals surface area contributed by atoms with Crippen molar-refractivity contribution in [3.8, 4) is 0 Å². The van der Waals surface area contributed by atoms with E-state index in [0.29, 0.717) is 6.04 Å². The van der Waals surface area contributed by atoms with E-state index in [1.807, 2.05) is 12.1 Å². The predicted molar refractivity (Wildman–Crippen MR) is 96.9 cm³/mol. The lowest BCUT2D eigenvalue weighted by molar-refractivity contribution is 0.310. The second-order valence-corrected chi connectivity index (χ2v) is 7.74. The summed E-state index contributed by atoms with van der Waals surface area (Å²) in [5, 5.41) is 0.897. The van der Waals surface area contributed by atoms with E-state index in [-0.39, 0.29) is 5.25 Å². The molecule has 1 aromatic heterocycles. The average Bonchev–Trinajstić information content (AvgIpc) is 3.12. The first-order chi connectivity index (χ1) is 11.0. The number of nitrogens with one attached hydrogen (secondary N) is 1. The molecule has 5 heteroatoms. The summed E-state index contributed by atoms with van der Waals surface area (Å²) in [6.45, 7) is 2.93. The highest BCUT2D eigenvalue weighted by Crippen LogP contribution is 2.26. The fraction of sp³-hybridized carbons (Fsp3) is 0.444. The Balaban J connectivity index is 1.83. The first-order valence-corrected chi connectivity index (χ1v) is 9.29. The molecule has 1 saturated heterocycles. The maximum atomic E-state index is 11.0. The van der Waals surface area contributed by atoms with E-state index < -0.39 is 11.1 Å². The Morgan fingerprint density at radius 1 is 1.52 bits per heavy atom. The van der Waals surface area contributed by atoms with Crippen LogP contribution < -0.4 is 0 Å². The van der Waals surface area contributed by atoms with Crippen LogP contribution in [-0.4, -0.2) is 43.5 Å². The average molecular weight is 332 g/mol. The normalized spacial score (nSPS) is 22.1. The van der Waals surface area contributed by atoms with E-state index in [4.69, 9.17) is 4.55 Å². The van der Waals surface area contributed by atoms with Gasteiger partial charge in [0.15, 0.2) is 11.1 Å². The molecule has 0 radical (unpaired) electrons. The minimum Gasteiger partial charge on any atom is -0.361 e. The number of nitrogens with zero attached hydrogens (tertiary/aromatic N) is 1. The van der Waals surface area contributed by atoms with Crippen LogP contribution in [0.3, 0.4) is 0 Å². The minimum atomic E-state index is -1.81. The van der Waals surface area contributed by atoms with Crippen LogP contribution in [0.5, 0.6) is 0 Å². The Kier molecular flexibility index (Phi) is 4.99. The van der Waals surface area contributed by atoms with Crippen molar-refractivity contribution in [1.29, 1.82) is 0 Å². The van der Waals surface area contributed by atoms with Crippen LogP contribution in [0, 0.1) is 0 Å². The van der Waals surface area contributed by atoms with E-state index in [1.165, 1.54) is 30.3 Å². The molecule has 4 nitrogen and oxygen atoms in total. The summed E-state index contributed by atoms with van der Waals surface area (Å²) in [5.74, 6) is 0. The molecule has 1 aliphatic rings. The first kappa shape index (κ1) is 16.4. The van der Waals surface area contributed by atoms with Crippen molar-refractivity contribution >= 4 is 28.1 Å². The molecule has 0 saturated carbocycles. The van der Waals surface area contributed by atoms with E-state index in [2.05, 4.69) is 35.3 Å². The lowest BCUT2D eigenvalue weighted by Crippen LogP contribution is -2.26. The number of fused-ring (bicyclic) bond motifs is 1. The molecular formula is C18H24N2O2S. The van der Waals surface area contributed by atoms with Crippen LogP contribution in [0.15, 0.2) is 30.5 Å². The SMILES string of the molecule is C[C@H](C=Cc1ccc2[nH]cc(C[C@H]3CCCN3C)c2c1)S(=O)O. The van der Waals surface area contributed by atoms with E-state index in [1.54, 1.807) is 13.0 Å². The van der Waals surface area contributed by atoms with E-state index in [9.17, 15) is 4.21 Å². The van der Waals surface area contributed by atoms with Gasteiger partial charge in [0.1, 0.15) is 0 Å². The van der Waals surface area contributed by atoms with Crippen LogP contribution in [0.1, 0.15) is 30.9 Å². The van der Waals surface area contributed by atoms with Gasteiger partial charge in [-0.3, -0.25) is 0 Å². The van der Waals surface area contributed by atoms with Crippen LogP contribution in [0.25, 0.3) is 17.0 Å². The molecule has 2 heterocycles.